The summed E-state index contributed by atoms with van der Waals surface area (Å²) < 4.78 is 0. The summed E-state index contributed by atoms with van der Waals surface area (Å²) in [6, 6.07) is 16.7. The molecule has 2 N–H and O–H groups in total. The van der Waals surface area contributed by atoms with Gasteiger partial charge in [0.15, 0.2) is 0 Å². The molecule has 0 unspecified atom stereocenters. The Kier molecular flexibility index (Phi) is 5.97. The van der Waals surface area contributed by atoms with Crippen molar-refractivity contribution in [3.05, 3.63) is 71.3 Å². The SMILES string of the molecule is CC(C)(C)c1ccc([C@H](CC(=O)O)NC(=O)Cc2ccccc2)cc1. The highest BCUT2D eigenvalue weighted by atomic mass is 16.4. The number of hydrogen-bond donors (Lipinski definition) is 2. The summed E-state index contributed by atoms with van der Waals surface area (Å²) in [5, 5.41) is 12.0. The molecule has 0 radical (unpaired) electrons. The van der Waals surface area contributed by atoms with E-state index in [0.717, 1.165) is 11.1 Å². The van der Waals surface area contributed by atoms with Crippen molar-refractivity contribution < 1.29 is 14.7 Å². The molecular formula is C21H25NO3. The summed E-state index contributed by atoms with van der Waals surface area (Å²) in [6.45, 7) is 6.37. The maximum atomic E-state index is 12.3. The lowest BCUT2D eigenvalue weighted by Gasteiger charge is -2.22. The van der Waals surface area contributed by atoms with Gasteiger partial charge in [0.25, 0.3) is 0 Å². The maximum absolute atomic E-state index is 12.3. The fourth-order valence-corrected chi connectivity index (χ4v) is 2.67. The van der Waals surface area contributed by atoms with E-state index in [1.807, 2.05) is 54.6 Å². The Labute approximate surface area is 148 Å². The molecule has 0 fully saturated rings. The second-order valence-electron chi connectivity index (χ2n) is 7.25. The molecule has 1 atom stereocenters. The van der Waals surface area contributed by atoms with Crippen LogP contribution >= 0.6 is 0 Å². The zero-order valence-electron chi connectivity index (χ0n) is 15.0. The van der Waals surface area contributed by atoms with Crippen LogP contribution in [0.2, 0.25) is 0 Å². The van der Waals surface area contributed by atoms with E-state index in [4.69, 9.17) is 0 Å². The van der Waals surface area contributed by atoms with Gasteiger partial charge in [0, 0.05) is 0 Å². The van der Waals surface area contributed by atoms with Gasteiger partial charge in [-0.05, 0) is 22.1 Å². The highest BCUT2D eigenvalue weighted by Gasteiger charge is 2.20. The average molecular weight is 339 g/mol. The number of carboxylic acids is 1. The van der Waals surface area contributed by atoms with Gasteiger partial charge in [-0.3, -0.25) is 9.59 Å². The maximum Gasteiger partial charge on any atom is 0.305 e. The second-order valence-corrected chi connectivity index (χ2v) is 7.25. The molecule has 0 aliphatic heterocycles. The number of carboxylic acid groups (broad SMARTS) is 1. The van der Waals surface area contributed by atoms with Crippen LogP contribution in [0.1, 0.15) is 49.9 Å². The second kappa shape index (κ2) is 7.97. The predicted octanol–water partition coefficient (Wildman–Crippen LogP) is 3.86. The van der Waals surface area contributed by atoms with Crippen LogP contribution in [0.4, 0.5) is 0 Å². The summed E-state index contributed by atoms with van der Waals surface area (Å²) in [5.41, 5.74) is 2.90. The third-order valence-corrected chi connectivity index (χ3v) is 4.10. The Hall–Kier alpha value is -2.62. The van der Waals surface area contributed by atoms with E-state index >= 15 is 0 Å². The average Bonchev–Trinajstić information content (AvgIpc) is 2.54. The molecule has 0 aliphatic carbocycles. The largest absolute Gasteiger partial charge is 0.481 e. The van der Waals surface area contributed by atoms with Crippen molar-refractivity contribution in [3.8, 4) is 0 Å². The summed E-state index contributed by atoms with van der Waals surface area (Å²) in [7, 11) is 0. The first-order valence-corrected chi connectivity index (χ1v) is 8.41. The molecule has 0 aromatic heterocycles. The van der Waals surface area contributed by atoms with Crippen LogP contribution in [0.3, 0.4) is 0 Å². The first-order chi connectivity index (χ1) is 11.8. The number of hydrogen-bond acceptors (Lipinski definition) is 2. The van der Waals surface area contributed by atoms with Crippen LogP contribution in [0.15, 0.2) is 54.6 Å². The number of nitrogens with one attached hydrogen (secondary N) is 1. The van der Waals surface area contributed by atoms with Gasteiger partial charge < -0.3 is 10.4 Å². The number of amides is 1. The van der Waals surface area contributed by atoms with Gasteiger partial charge in [0.1, 0.15) is 0 Å². The van der Waals surface area contributed by atoms with Gasteiger partial charge in [0.05, 0.1) is 18.9 Å². The summed E-state index contributed by atoms with van der Waals surface area (Å²) in [5.74, 6) is -1.12. The van der Waals surface area contributed by atoms with Crippen molar-refractivity contribution >= 4 is 11.9 Å². The number of carbonyl (C=O) groups is 2. The van der Waals surface area contributed by atoms with E-state index in [9.17, 15) is 14.7 Å². The molecule has 4 nitrogen and oxygen atoms in total. The van der Waals surface area contributed by atoms with Gasteiger partial charge in [-0.1, -0.05) is 75.4 Å². The number of benzene rings is 2. The number of rotatable bonds is 6. The van der Waals surface area contributed by atoms with E-state index in [1.165, 1.54) is 5.56 Å². The fraction of sp³-hybridized carbons (Fsp3) is 0.333. The Morgan fingerprint density at radius 1 is 1.00 bits per heavy atom. The van der Waals surface area contributed by atoms with Crippen molar-refractivity contribution in [1.29, 1.82) is 0 Å². The normalized spacial score (nSPS) is 12.4. The van der Waals surface area contributed by atoms with Crippen molar-refractivity contribution in [2.45, 2.75) is 45.1 Å². The van der Waals surface area contributed by atoms with Gasteiger partial charge in [0.2, 0.25) is 5.91 Å². The van der Waals surface area contributed by atoms with Crippen LogP contribution < -0.4 is 5.32 Å². The van der Waals surface area contributed by atoms with E-state index in [2.05, 4.69) is 26.1 Å². The molecule has 2 aromatic rings. The van der Waals surface area contributed by atoms with Crippen molar-refractivity contribution in [2.75, 3.05) is 0 Å². The van der Waals surface area contributed by atoms with E-state index < -0.39 is 12.0 Å². The fourth-order valence-electron chi connectivity index (χ4n) is 2.67. The standard InChI is InChI=1S/C21H25NO3/c1-21(2,3)17-11-9-16(10-12-17)18(14-20(24)25)22-19(23)13-15-7-5-4-6-8-15/h4-12,18H,13-14H2,1-3H3,(H,22,23)(H,24,25)/t18-/m0/s1. The molecule has 0 saturated carbocycles. The van der Waals surface area contributed by atoms with Gasteiger partial charge >= 0.3 is 5.97 Å². The third kappa shape index (κ3) is 5.75. The first-order valence-electron chi connectivity index (χ1n) is 8.41. The lowest BCUT2D eigenvalue weighted by atomic mass is 9.86. The monoisotopic (exact) mass is 339 g/mol. The van der Waals surface area contributed by atoms with Crippen LogP contribution in [-0.2, 0) is 21.4 Å². The molecule has 25 heavy (non-hydrogen) atoms. The number of carbonyl (C=O) groups excluding carboxylic acids is 1. The molecule has 0 heterocycles. The highest BCUT2D eigenvalue weighted by molar-refractivity contribution is 5.80. The Balaban J connectivity index is 2.13. The predicted molar refractivity (Wildman–Crippen MR) is 98.4 cm³/mol. The van der Waals surface area contributed by atoms with Crippen molar-refractivity contribution in [2.24, 2.45) is 0 Å². The molecule has 132 valence electrons. The van der Waals surface area contributed by atoms with Crippen molar-refractivity contribution in [3.63, 3.8) is 0 Å². The van der Waals surface area contributed by atoms with Crippen LogP contribution in [0, 0.1) is 0 Å². The molecule has 0 spiro atoms. The third-order valence-electron chi connectivity index (χ3n) is 4.10. The molecule has 0 bridgehead atoms. The zero-order valence-corrected chi connectivity index (χ0v) is 15.0. The quantitative estimate of drug-likeness (QED) is 0.840. The lowest BCUT2D eigenvalue weighted by molar-refractivity contribution is -0.137. The van der Waals surface area contributed by atoms with Crippen LogP contribution in [-0.4, -0.2) is 17.0 Å². The van der Waals surface area contributed by atoms with Crippen molar-refractivity contribution in [1.82, 2.24) is 5.32 Å². The zero-order chi connectivity index (χ0) is 18.4. The Morgan fingerprint density at radius 3 is 2.12 bits per heavy atom. The van der Waals surface area contributed by atoms with Crippen LogP contribution in [0.25, 0.3) is 0 Å². The molecule has 4 heteroatoms. The smallest absolute Gasteiger partial charge is 0.305 e. The van der Waals surface area contributed by atoms with E-state index in [1.54, 1.807) is 0 Å². The molecular weight excluding hydrogens is 314 g/mol. The van der Waals surface area contributed by atoms with Gasteiger partial charge in [-0.25, -0.2) is 0 Å². The minimum atomic E-state index is -0.940. The summed E-state index contributed by atoms with van der Waals surface area (Å²) >= 11 is 0. The van der Waals surface area contributed by atoms with E-state index in [-0.39, 0.29) is 24.2 Å². The molecule has 2 aromatic carbocycles. The summed E-state index contributed by atoms with van der Waals surface area (Å²) in [4.78, 5) is 23.5. The molecule has 0 aliphatic rings. The minimum Gasteiger partial charge on any atom is -0.481 e. The Morgan fingerprint density at radius 2 is 1.60 bits per heavy atom. The minimum absolute atomic E-state index is 0.0252. The molecule has 2 rings (SSSR count). The molecule has 0 saturated heterocycles. The van der Waals surface area contributed by atoms with Gasteiger partial charge in [-0.2, -0.15) is 0 Å². The number of aliphatic carboxylic acids is 1. The highest BCUT2D eigenvalue weighted by Crippen LogP contribution is 2.25. The van der Waals surface area contributed by atoms with Gasteiger partial charge in [-0.15, -0.1) is 0 Å². The van der Waals surface area contributed by atoms with E-state index in [0.29, 0.717) is 0 Å². The summed E-state index contributed by atoms with van der Waals surface area (Å²) in [6.07, 6.45) is 0.0897. The first kappa shape index (κ1) is 18.7. The van der Waals surface area contributed by atoms with Crippen LogP contribution in [0.5, 0.6) is 0 Å². The molecule has 1 amide bonds. The lowest BCUT2D eigenvalue weighted by Crippen LogP contribution is -2.31. The topological polar surface area (TPSA) is 66.4 Å². The Bertz CT molecular complexity index is 715.